The van der Waals surface area contributed by atoms with Crippen LogP contribution in [0.3, 0.4) is 0 Å². The van der Waals surface area contributed by atoms with Crippen molar-refractivity contribution in [2.45, 2.75) is 4.90 Å². The molecular formula is C8H8ClNO3S. The van der Waals surface area contributed by atoms with E-state index >= 15 is 0 Å². The van der Waals surface area contributed by atoms with Gasteiger partial charge in [0.25, 0.3) is 0 Å². The fourth-order valence-corrected chi connectivity index (χ4v) is 2.03. The lowest BCUT2D eigenvalue weighted by atomic mass is 10.3. The molecule has 1 unspecified atom stereocenters. The molecular weight excluding hydrogens is 226 g/mol. The highest BCUT2D eigenvalue weighted by Gasteiger charge is 2.06. The number of amides is 1. The van der Waals surface area contributed by atoms with Crippen molar-refractivity contribution in [3.8, 4) is 0 Å². The van der Waals surface area contributed by atoms with Gasteiger partial charge in [-0.25, -0.2) is 4.79 Å². The van der Waals surface area contributed by atoms with E-state index in [0.29, 0.717) is 10.6 Å². The minimum absolute atomic E-state index is 0.289. The van der Waals surface area contributed by atoms with Crippen molar-refractivity contribution in [2.75, 3.05) is 11.6 Å². The molecule has 0 heterocycles. The summed E-state index contributed by atoms with van der Waals surface area (Å²) < 4.78 is 11.1. The zero-order chi connectivity index (χ0) is 10.7. The molecule has 0 aromatic heterocycles. The molecule has 0 aliphatic rings. The summed E-state index contributed by atoms with van der Waals surface area (Å²) in [5.41, 5.74) is 0.358. The maximum atomic E-state index is 11.1. The van der Waals surface area contributed by atoms with E-state index in [-0.39, 0.29) is 5.02 Å². The molecule has 1 rings (SSSR count). The number of rotatable bonds is 2. The number of nitrogens with one attached hydrogen (secondary N) is 1. The van der Waals surface area contributed by atoms with E-state index in [1.807, 2.05) is 0 Å². The van der Waals surface area contributed by atoms with Gasteiger partial charge in [-0.3, -0.25) is 9.53 Å². The van der Waals surface area contributed by atoms with Gasteiger partial charge in [0.1, 0.15) is 0 Å². The molecule has 0 fully saturated rings. The van der Waals surface area contributed by atoms with Crippen LogP contribution >= 0.6 is 11.6 Å². The average molecular weight is 234 g/mol. The van der Waals surface area contributed by atoms with Crippen LogP contribution in [-0.4, -0.2) is 21.7 Å². The lowest BCUT2D eigenvalue weighted by Crippen LogP contribution is -2.07. The molecule has 1 atom stereocenters. The third kappa shape index (κ3) is 2.71. The van der Waals surface area contributed by atoms with Crippen LogP contribution in [0.1, 0.15) is 0 Å². The number of carbonyl (C=O) groups is 1. The molecule has 0 aliphatic carbocycles. The summed E-state index contributed by atoms with van der Waals surface area (Å²) in [5, 5.41) is 10.9. The monoisotopic (exact) mass is 233 g/mol. The topological polar surface area (TPSA) is 66.4 Å². The van der Waals surface area contributed by atoms with Gasteiger partial charge in [0, 0.05) is 11.9 Å². The van der Waals surface area contributed by atoms with Crippen molar-refractivity contribution in [1.82, 2.24) is 0 Å². The summed E-state index contributed by atoms with van der Waals surface area (Å²) in [6.45, 7) is 0. The first-order valence-corrected chi connectivity index (χ1v) is 5.57. The summed E-state index contributed by atoms with van der Waals surface area (Å²) in [6, 6.07) is 4.47. The Morgan fingerprint density at radius 3 is 2.64 bits per heavy atom. The van der Waals surface area contributed by atoms with Crippen molar-refractivity contribution in [2.24, 2.45) is 0 Å². The van der Waals surface area contributed by atoms with Crippen LogP contribution in [0.5, 0.6) is 0 Å². The summed E-state index contributed by atoms with van der Waals surface area (Å²) in [6.07, 6.45) is 0.345. The quantitative estimate of drug-likeness (QED) is 0.823. The molecule has 4 nitrogen and oxygen atoms in total. The second kappa shape index (κ2) is 4.43. The van der Waals surface area contributed by atoms with Crippen LogP contribution in [-0.2, 0) is 10.8 Å². The van der Waals surface area contributed by atoms with Gasteiger partial charge in [0.05, 0.1) is 20.7 Å². The summed E-state index contributed by atoms with van der Waals surface area (Å²) in [4.78, 5) is 10.8. The lowest BCUT2D eigenvalue weighted by Gasteiger charge is -2.04. The summed E-state index contributed by atoms with van der Waals surface area (Å²) in [7, 11) is -1.17. The Hall–Kier alpha value is -1.07. The van der Waals surface area contributed by atoms with Crippen LogP contribution < -0.4 is 5.32 Å². The first-order valence-electron chi connectivity index (χ1n) is 3.63. The number of hydrogen-bond donors (Lipinski definition) is 2. The maximum absolute atomic E-state index is 11.1. The average Bonchev–Trinajstić information content (AvgIpc) is 2.01. The van der Waals surface area contributed by atoms with Gasteiger partial charge in [0.15, 0.2) is 0 Å². The van der Waals surface area contributed by atoms with Crippen LogP contribution in [0.25, 0.3) is 0 Å². The largest absolute Gasteiger partial charge is 0.465 e. The van der Waals surface area contributed by atoms with Gasteiger partial charge in [-0.05, 0) is 18.2 Å². The molecule has 0 aliphatic heterocycles. The zero-order valence-corrected chi connectivity index (χ0v) is 8.85. The Kier molecular flexibility index (Phi) is 3.49. The third-order valence-electron chi connectivity index (χ3n) is 1.49. The number of carboxylic acid groups (broad SMARTS) is 1. The lowest BCUT2D eigenvalue weighted by molar-refractivity contribution is 0.210. The standard InChI is InChI=1S/C8H8ClNO3S/c1-14(13)7-3-2-5(4-6(7)9)10-8(11)12/h2-4,10H,1H3,(H,11,12). The molecule has 1 aromatic carbocycles. The van der Waals surface area contributed by atoms with E-state index in [1.54, 1.807) is 0 Å². The zero-order valence-electron chi connectivity index (χ0n) is 7.28. The molecule has 0 saturated carbocycles. The Bertz CT molecular complexity index is 394. The smallest absolute Gasteiger partial charge is 0.409 e. The van der Waals surface area contributed by atoms with Crippen molar-refractivity contribution in [3.05, 3.63) is 23.2 Å². The molecule has 2 N–H and O–H groups in total. The fraction of sp³-hybridized carbons (Fsp3) is 0.125. The number of anilines is 1. The van der Waals surface area contributed by atoms with Gasteiger partial charge >= 0.3 is 6.09 Å². The Morgan fingerprint density at radius 2 is 2.21 bits per heavy atom. The van der Waals surface area contributed by atoms with Crippen molar-refractivity contribution in [1.29, 1.82) is 0 Å². The Morgan fingerprint density at radius 1 is 1.57 bits per heavy atom. The van der Waals surface area contributed by atoms with Gasteiger partial charge in [-0.15, -0.1) is 0 Å². The molecule has 0 radical (unpaired) electrons. The van der Waals surface area contributed by atoms with E-state index < -0.39 is 16.9 Å². The van der Waals surface area contributed by atoms with E-state index in [1.165, 1.54) is 24.5 Å². The summed E-state index contributed by atoms with van der Waals surface area (Å²) >= 11 is 5.78. The third-order valence-corrected chi connectivity index (χ3v) is 2.89. The van der Waals surface area contributed by atoms with Crippen molar-refractivity contribution >= 4 is 34.2 Å². The predicted octanol–water partition coefficient (Wildman–Crippen LogP) is 2.17. The molecule has 0 saturated heterocycles. The SMILES string of the molecule is CS(=O)c1ccc(NC(=O)O)cc1Cl. The normalized spacial score (nSPS) is 12.1. The molecule has 0 bridgehead atoms. The molecule has 6 heteroatoms. The minimum Gasteiger partial charge on any atom is -0.465 e. The second-order valence-electron chi connectivity index (χ2n) is 2.53. The molecule has 1 amide bonds. The van der Waals surface area contributed by atoms with Crippen LogP contribution in [0, 0.1) is 0 Å². The van der Waals surface area contributed by atoms with Gasteiger partial charge in [-0.1, -0.05) is 11.6 Å². The Balaban J connectivity index is 3.00. The highest BCUT2D eigenvalue weighted by atomic mass is 35.5. The van der Waals surface area contributed by atoms with Gasteiger partial charge < -0.3 is 5.11 Å². The minimum atomic E-state index is -1.17. The van der Waals surface area contributed by atoms with Gasteiger partial charge in [0.2, 0.25) is 0 Å². The summed E-state index contributed by atoms with van der Waals surface area (Å²) in [5.74, 6) is 0. The van der Waals surface area contributed by atoms with Crippen LogP contribution in [0.4, 0.5) is 10.5 Å². The predicted molar refractivity (Wildman–Crippen MR) is 55.4 cm³/mol. The molecule has 0 spiro atoms. The van der Waals surface area contributed by atoms with Gasteiger partial charge in [-0.2, -0.15) is 0 Å². The van der Waals surface area contributed by atoms with Crippen LogP contribution in [0.2, 0.25) is 5.02 Å². The highest BCUT2D eigenvalue weighted by Crippen LogP contribution is 2.23. The van der Waals surface area contributed by atoms with E-state index in [0.717, 1.165) is 0 Å². The van der Waals surface area contributed by atoms with E-state index in [4.69, 9.17) is 16.7 Å². The van der Waals surface area contributed by atoms with E-state index in [9.17, 15) is 9.00 Å². The number of benzene rings is 1. The number of halogens is 1. The highest BCUT2D eigenvalue weighted by molar-refractivity contribution is 7.84. The first kappa shape index (κ1) is 11.0. The maximum Gasteiger partial charge on any atom is 0.409 e. The first-order chi connectivity index (χ1) is 6.50. The number of hydrogen-bond acceptors (Lipinski definition) is 2. The van der Waals surface area contributed by atoms with Crippen molar-refractivity contribution in [3.63, 3.8) is 0 Å². The Labute approximate surface area is 88.3 Å². The molecule has 76 valence electrons. The molecule has 1 aromatic rings. The van der Waals surface area contributed by atoms with Crippen LogP contribution in [0.15, 0.2) is 23.1 Å². The molecule has 14 heavy (non-hydrogen) atoms. The second-order valence-corrected chi connectivity index (χ2v) is 4.28. The fourth-order valence-electron chi connectivity index (χ4n) is 0.935. The van der Waals surface area contributed by atoms with Crippen molar-refractivity contribution < 1.29 is 14.1 Å². The van der Waals surface area contributed by atoms with E-state index in [2.05, 4.69) is 5.32 Å².